The van der Waals surface area contributed by atoms with E-state index < -0.39 is 0 Å². The molecule has 0 saturated carbocycles. The van der Waals surface area contributed by atoms with Gasteiger partial charge >= 0.3 is 5.97 Å². The summed E-state index contributed by atoms with van der Waals surface area (Å²) < 4.78 is 12.4. The Bertz CT molecular complexity index is 1000. The number of hydrogen-bond donors (Lipinski definition) is 0. The number of aryl methyl sites for hydroxylation is 1. The second-order valence-electron chi connectivity index (χ2n) is 6.75. The van der Waals surface area contributed by atoms with Crippen LogP contribution in [0.5, 0.6) is 5.75 Å². The summed E-state index contributed by atoms with van der Waals surface area (Å²) in [5.74, 6) is 0.543. The molecular formula is C24H26N2O3. The van der Waals surface area contributed by atoms with Gasteiger partial charge in [-0.05, 0) is 68.8 Å². The van der Waals surface area contributed by atoms with Crippen LogP contribution in [0.15, 0.2) is 59.6 Å². The topological polar surface area (TPSA) is 52.8 Å². The summed E-state index contributed by atoms with van der Waals surface area (Å²) in [5.41, 5.74) is 5.97. The third-order valence-corrected chi connectivity index (χ3v) is 4.77. The van der Waals surface area contributed by atoms with Gasteiger partial charge in [-0.15, -0.1) is 0 Å². The lowest BCUT2D eigenvalue weighted by Gasteiger charge is -2.10. The van der Waals surface area contributed by atoms with Gasteiger partial charge in [0.15, 0.2) is 0 Å². The molecule has 5 nitrogen and oxygen atoms in total. The molecule has 0 unspecified atom stereocenters. The molecule has 0 aliphatic rings. The van der Waals surface area contributed by atoms with Crippen molar-refractivity contribution in [1.82, 2.24) is 4.57 Å². The number of hydrogen-bond acceptors (Lipinski definition) is 4. The molecular weight excluding hydrogens is 364 g/mol. The average molecular weight is 390 g/mol. The fraction of sp³-hybridized carbons (Fsp3) is 0.250. The number of nitrogens with zero attached hydrogens (tertiary/aromatic N) is 2. The van der Waals surface area contributed by atoms with E-state index in [1.807, 2.05) is 42.6 Å². The first-order chi connectivity index (χ1) is 14.0. The van der Waals surface area contributed by atoms with Gasteiger partial charge < -0.3 is 14.0 Å². The van der Waals surface area contributed by atoms with Crippen LogP contribution < -0.4 is 4.74 Å². The van der Waals surface area contributed by atoms with Gasteiger partial charge in [-0.2, -0.15) is 0 Å². The molecule has 29 heavy (non-hydrogen) atoms. The molecule has 3 aromatic rings. The molecule has 0 bridgehead atoms. The van der Waals surface area contributed by atoms with Gasteiger partial charge in [-0.25, -0.2) is 4.79 Å². The van der Waals surface area contributed by atoms with Gasteiger partial charge in [0.1, 0.15) is 5.75 Å². The largest absolute Gasteiger partial charge is 0.497 e. The van der Waals surface area contributed by atoms with Gasteiger partial charge in [0, 0.05) is 28.9 Å². The van der Waals surface area contributed by atoms with Crippen molar-refractivity contribution < 1.29 is 14.3 Å². The van der Waals surface area contributed by atoms with E-state index in [1.165, 1.54) is 0 Å². The zero-order valence-corrected chi connectivity index (χ0v) is 17.3. The number of benzene rings is 2. The molecule has 0 aliphatic heterocycles. The van der Waals surface area contributed by atoms with Crippen molar-refractivity contribution in [3.63, 3.8) is 0 Å². The Morgan fingerprint density at radius 3 is 2.38 bits per heavy atom. The van der Waals surface area contributed by atoms with Gasteiger partial charge in [-0.1, -0.05) is 12.1 Å². The summed E-state index contributed by atoms with van der Waals surface area (Å²) in [6.07, 6.45) is 1.91. The normalized spacial score (nSPS) is 11.0. The summed E-state index contributed by atoms with van der Waals surface area (Å²) in [6, 6.07) is 17.5. The van der Waals surface area contributed by atoms with Crippen LogP contribution in [-0.2, 0) is 11.3 Å². The maximum Gasteiger partial charge on any atom is 0.338 e. The number of carbonyl (C=O) groups excluding carboxylic acids is 1. The molecule has 1 aromatic heterocycles. The Morgan fingerprint density at radius 2 is 1.76 bits per heavy atom. The maximum absolute atomic E-state index is 11.8. The second kappa shape index (κ2) is 9.24. The number of methoxy groups -OCH3 is 1. The van der Waals surface area contributed by atoms with E-state index in [-0.39, 0.29) is 5.97 Å². The molecule has 0 saturated heterocycles. The average Bonchev–Trinajstić information content (AvgIpc) is 3.02. The number of aromatic nitrogens is 1. The predicted octanol–water partition coefficient (Wildman–Crippen LogP) is 4.90. The summed E-state index contributed by atoms with van der Waals surface area (Å²) in [4.78, 5) is 16.4. The van der Waals surface area contributed by atoms with E-state index in [0.29, 0.717) is 18.7 Å². The molecule has 1 heterocycles. The third-order valence-electron chi connectivity index (χ3n) is 4.77. The Hall–Kier alpha value is -3.34. The minimum Gasteiger partial charge on any atom is -0.497 e. The minimum absolute atomic E-state index is 0.300. The van der Waals surface area contributed by atoms with Gasteiger partial charge in [0.2, 0.25) is 0 Å². The first-order valence-electron chi connectivity index (χ1n) is 9.62. The molecule has 0 amide bonds. The maximum atomic E-state index is 11.8. The molecule has 0 spiro atoms. The number of ether oxygens (including phenoxy) is 2. The highest BCUT2D eigenvalue weighted by Gasteiger charge is 2.11. The standard InChI is InChI=1S/C24H26N2O3/c1-5-29-24(27)20-8-10-22(11-9-20)26-17(2)14-21(18(26)3)16-25-15-19-6-12-23(28-4)13-7-19/h6-14,16H,5,15H2,1-4H3. The quantitative estimate of drug-likeness (QED) is 0.426. The van der Waals surface area contributed by atoms with E-state index in [4.69, 9.17) is 9.47 Å². The zero-order valence-electron chi connectivity index (χ0n) is 17.3. The minimum atomic E-state index is -0.300. The van der Waals surface area contributed by atoms with Crippen molar-refractivity contribution in [1.29, 1.82) is 0 Å². The van der Waals surface area contributed by atoms with E-state index in [1.54, 1.807) is 26.2 Å². The first kappa shape index (κ1) is 20.4. The molecule has 3 rings (SSSR count). The van der Waals surface area contributed by atoms with E-state index >= 15 is 0 Å². The number of rotatable bonds is 7. The Morgan fingerprint density at radius 1 is 1.07 bits per heavy atom. The van der Waals surface area contributed by atoms with Crippen molar-refractivity contribution in [2.45, 2.75) is 27.3 Å². The number of esters is 1. The molecule has 150 valence electrons. The van der Waals surface area contributed by atoms with Crippen LogP contribution in [0.25, 0.3) is 5.69 Å². The second-order valence-corrected chi connectivity index (χ2v) is 6.75. The van der Waals surface area contributed by atoms with Crippen LogP contribution in [0.3, 0.4) is 0 Å². The highest BCUT2D eigenvalue weighted by Crippen LogP contribution is 2.21. The lowest BCUT2D eigenvalue weighted by molar-refractivity contribution is 0.0526. The number of carbonyl (C=O) groups is 1. The number of aliphatic imine (C=N–C) groups is 1. The van der Waals surface area contributed by atoms with Crippen LogP contribution >= 0.6 is 0 Å². The molecule has 0 atom stereocenters. The molecule has 0 fully saturated rings. The molecule has 0 aliphatic carbocycles. The summed E-state index contributed by atoms with van der Waals surface area (Å²) in [6.45, 7) is 6.92. The first-order valence-corrected chi connectivity index (χ1v) is 9.62. The van der Waals surface area contributed by atoms with Crippen LogP contribution in [0, 0.1) is 13.8 Å². The highest BCUT2D eigenvalue weighted by molar-refractivity contribution is 5.89. The van der Waals surface area contributed by atoms with Crippen LogP contribution in [0.1, 0.15) is 39.8 Å². The fourth-order valence-electron chi connectivity index (χ4n) is 3.26. The van der Waals surface area contributed by atoms with Crippen molar-refractivity contribution in [2.24, 2.45) is 4.99 Å². The highest BCUT2D eigenvalue weighted by atomic mass is 16.5. The van der Waals surface area contributed by atoms with E-state index in [9.17, 15) is 4.79 Å². The van der Waals surface area contributed by atoms with Crippen LogP contribution in [0.2, 0.25) is 0 Å². The van der Waals surface area contributed by atoms with Gasteiger partial charge in [0.05, 0.1) is 25.8 Å². The lowest BCUT2D eigenvalue weighted by Crippen LogP contribution is -2.05. The van der Waals surface area contributed by atoms with Gasteiger partial charge in [0.25, 0.3) is 0 Å². The third kappa shape index (κ3) is 4.74. The molecule has 0 N–H and O–H groups in total. The fourth-order valence-corrected chi connectivity index (χ4v) is 3.26. The van der Waals surface area contributed by atoms with Crippen molar-refractivity contribution in [3.05, 3.63) is 82.7 Å². The molecule has 2 aromatic carbocycles. The Balaban J connectivity index is 1.76. The molecule has 0 radical (unpaired) electrons. The van der Waals surface area contributed by atoms with Crippen molar-refractivity contribution in [2.75, 3.05) is 13.7 Å². The Labute approximate surface area is 171 Å². The predicted molar refractivity (Wildman–Crippen MR) is 115 cm³/mol. The summed E-state index contributed by atoms with van der Waals surface area (Å²) in [5, 5.41) is 0. The SMILES string of the molecule is CCOC(=O)c1ccc(-n2c(C)cc(C=NCc3ccc(OC)cc3)c2C)cc1. The van der Waals surface area contributed by atoms with Crippen molar-refractivity contribution in [3.8, 4) is 11.4 Å². The Kier molecular flexibility index (Phi) is 6.50. The van der Waals surface area contributed by atoms with E-state index in [2.05, 4.69) is 29.5 Å². The van der Waals surface area contributed by atoms with Gasteiger partial charge in [-0.3, -0.25) is 4.99 Å². The van der Waals surface area contributed by atoms with Crippen molar-refractivity contribution >= 4 is 12.2 Å². The summed E-state index contributed by atoms with van der Waals surface area (Å²) in [7, 11) is 1.66. The van der Waals surface area contributed by atoms with Crippen LogP contribution in [-0.4, -0.2) is 30.5 Å². The smallest absolute Gasteiger partial charge is 0.338 e. The lowest BCUT2D eigenvalue weighted by atomic mass is 10.2. The summed E-state index contributed by atoms with van der Waals surface area (Å²) >= 11 is 0. The molecule has 5 heteroatoms. The zero-order chi connectivity index (χ0) is 20.8. The van der Waals surface area contributed by atoms with Crippen LogP contribution in [0.4, 0.5) is 0 Å². The monoisotopic (exact) mass is 390 g/mol. The van der Waals surface area contributed by atoms with E-state index in [0.717, 1.165) is 34.0 Å².